The number of carbonyl (C=O) groups is 1. The zero-order valence-electron chi connectivity index (χ0n) is 15.2. The van der Waals surface area contributed by atoms with E-state index >= 15 is 0 Å². The molecule has 1 amide bonds. The molecule has 0 unspecified atom stereocenters. The van der Waals surface area contributed by atoms with Crippen molar-refractivity contribution in [3.05, 3.63) is 34.9 Å². The molecule has 0 radical (unpaired) electrons. The molecule has 1 aromatic rings. The molecular formula is C18H30N4O. The zero-order chi connectivity index (χ0) is 17.5. The molecule has 0 heterocycles. The van der Waals surface area contributed by atoms with Crippen molar-refractivity contribution in [3.63, 3.8) is 0 Å². The van der Waals surface area contributed by atoms with Crippen LogP contribution in [-0.4, -0.2) is 39.1 Å². The molecule has 0 spiro atoms. The van der Waals surface area contributed by atoms with Crippen molar-refractivity contribution in [3.8, 4) is 0 Å². The molecule has 5 nitrogen and oxygen atoms in total. The van der Waals surface area contributed by atoms with Gasteiger partial charge in [0, 0.05) is 27.2 Å². The fourth-order valence-corrected chi connectivity index (χ4v) is 2.48. The van der Waals surface area contributed by atoms with Gasteiger partial charge < -0.3 is 16.0 Å². The summed E-state index contributed by atoms with van der Waals surface area (Å²) in [6, 6.07) is 6.59. The van der Waals surface area contributed by atoms with Gasteiger partial charge in [-0.1, -0.05) is 29.3 Å². The number of guanidine groups is 1. The van der Waals surface area contributed by atoms with Crippen LogP contribution < -0.4 is 16.0 Å². The molecule has 1 rings (SSSR count). The summed E-state index contributed by atoms with van der Waals surface area (Å²) in [5.74, 6) is 0.724. The van der Waals surface area contributed by atoms with Gasteiger partial charge in [0.2, 0.25) is 5.91 Å². The van der Waals surface area contributed by atoms with Crippen LogP contribution in [-0.2, 0) is 11.2 Å². The summed E-state index contributed by atoms with van der Waals surface area (Å²) in [6.45, 7) is 9.36. The second-order valence-corrected chi connectivity index (χ2v) is 6.56. The smallest absolute Gasteiger partial charge is 0.227 e. The van der Waals surface area contributed by atoms with Gasteiger partial charge >= 0.3 is 0 Å². The minimum Gasteiger partial charge on any atom is -0.359 e. The number of nitrogens with one attached hydrogen (secondary N) is 3. The molecule has 0 aromatic heterocycles. The highest BCUT2D eigenvalue weighted by Crippen LogP contribution is 2.13. The lowest BCUT2D eigenvalue weighted by atomic mass is 9.92. The lowest BCUT2D eigenvalue weighted by Gasteiger charge is -2.24. The number of aryl methyl sites for hydroxylation is 2. The van der Waals surface area contributed by atoms with Crippen LogP contribution in [0, 0.1) is 19.3 Å². The van der Waals surface area contributed by atoms with E-state index in [-0.39, 0.29) is 5.91 Å². The fraction of sp³-hybridized carbons (Fsp3) is 0.556. The van der Waals surface area contributed by atoms with Gasteiger partial charge in [-0.3, -0.25) is 9.79 Å². The highest BCUT2D eigenvalue weighted by Gasteiger charge is 2.26. The van der Waals surface area contributed by atoms with Gasteiger partial charge in [-0.25, -0.2) is 0 Å². The number of hydrogen-bond acceptors (Lipinski definition) is 2. The highest BCUT2D eigenvalue weighted by molar-refractivity contribution is 5.84. The first kappa shape index (κ1) is 19.0. The maximum absolute atomic E-state index is 11.8. The van der Waals surface area contributed by atoms with Gasteiger partial charge in [-0.05, 0) is 39.7 Å². The lowest BCUT2D eigenvalue weighted by molar-refractivity contribution is -0.128. The first-order valence-electron chi connectivity index (χ1n) is 8.02. The van der Waals surface area contributed by atoms with Crippen LogP contribution in [0.25, 0.3) is 0 Å². The molecule has 5 heteroatoms. The second-order valence-electron chi connectivity index (χ2n) is 6.56. The third-order valence-corrected chi connectivity index (χ3v) is 3.75. The van der Waals surface area contributed by atoms with E-state index in [0.29, 0.717) is 12.5 Å². The highest BCUT2D eigenvalue weighted by atomic mass is 16.2. The van der Waals surface area contributed by atoms with E-state index in [2.05, 4.69) is 53.0 Å². The van der Waals surface area contributed by atoms with E-state index in [1.54, 1.807) is 14.1 Å². The molecule has 23 heavy (non-hydrogen) atoms. The average molecular weight is 318 g/mol. The summed E-state index contributed by atoms with van der Waals surface area (Å²) in [7, 11) is 3.39. The molecule has 0 bridgehead atoms. The Labute approximate surface area is 140 Å². The Bertz CT molecular complexity index is 544. The first-order chi connectivity index (χ1) is 10.8. The van der Waals surface area contributed by atoms with Gasteiger partial charge in [-0.2, -0.15) is 0 Å². The van der Waals surface area contributed by atoms with Gasteiger partial charge in [0.15, 0.2) is 5.96 Å². The van der Waals surface area contributed by atoms with Crippen LogP contribution >= 0.6 is 0 Å². The number of carbonyl (C=O) groups excluding carboxylic acids is 1. The lowest BCUT2D eigenvalue weighted by Crippen LogP contribution is -2.47. The summed E-state index contributed by atoms with van der Waals surface area (Å²) >= 11 is 0. The monoisotopic (exact) mass is 318 g/mol. The molecule has 0 saturated carbocycles. The number of nitrogens with zero attached hydrogens (tertiary/aromatic N) is 1. The van der Waals surface area contributed by atoms with Gasteiger partial charge in [-0.15, -0.1) is 0 Å². The Morgan fingerprint density at radius 1 is 1.13 bits per heavy atom. The molecule has 0 atom stereocenters. The van der Waals surface area contributed by atoms with Crippen molar-refractivity contribution in [2.75, 3.05) is 27.2 Å². The summed E-state index contributed by atoms with van der Waals surface area (Å²) < 4.78 is 0. The predicted molar refractivity (Wildman–Crippen MR) is 96.8 cm³/mol. The summed E-state index contributed by atoms with van der Waals surface area (Å²) in [5.41, 5.74) is 3.40. The largest absolute Gasteiger partial charge is 0.359 e. The van der Waals surface area contributed by atoms with Crippen molar-refractivity contribution in [2.45, 2.75) is 34.1 Å². The Morgan fingerprint density at radius 2 is 1.74 bits per heavy atom. The van der Waals surface area contributed by atoms with Gasteiger partial charge in [0.25, 0.3) is 0 Å². The number of benzene rings is 1. The van der Waals surface area contributed by atoms with Crippen LogP contribution in [0.4, 0.5) is 0 Å². The topological polar surface area (TPSA) is 65.5 Å². The molecule has 0 aliphatic carbocycles. The zero-order valence-corrected chi connectivity index (χ0v) is 15.2. The molecule has 0 saturated heterocycles. The fourth-order valence-electron chi connectivity index (χ4n) is 2.48. The first-order valence-corrected chi connectivity index (χ1v) is 8.02. The summed E-state index contributed by atoms with van der Waals surface area (Å²) in [6.07, 6.45) is 0.933. The predicted octanol–water partition coefficient (Wildman–Crippen LogP) is 1.78. The van der Waals surface area contributed by atoms with Crippen molar-refractivity contribution in [1.29, 1.82) is 0 Å². The minimum atomic E-state index is -0.486. The van der Waals surface area contributed by atoms with Crippen LogP contribution in [0.2, 0.25) is 0 Å². The van der Waals surface area contributed by atoms with Crippen LogP contribution in [0.1, 0.15) is 30.5 Å². The third-order valence-electron chi connectivity index (χ3n) is 3.75. The van der Waals surface area contributed by atoms with E-state index < -0.39 is 5.41 Å². The molecule has 128 valence electrons. The van der Waals surface area contributed by atoms with E-state index in [1.807, 2.05) is 13.8 Å². The van der Waals surface area contributed by atoms with Crippen molar-refractivity contribution in [1.82, 2.24) is 16.0 Å². The molecular weight excluding hydrogens is 288 g/mol. The number of rotatable bonds is 6. The van der Waals surface area contributed by atoms with E-state index in [9.17, 15) is 4.79 Å². The minimum absolute atomic E-state index is 0.00990. The Hall–Kier alpha value is -2.04. The number of hydrogen-bond donors (Lipinski definition) is 3. The maximum atomic E-state index is 11.8. The summed E-state index contributed by atoms with van der Waals surface area (Å²) in [4.78, 5) is 16.0. The molecule has 0 aliphatic rings. The quantitative estimate of drug-likeness (QED) is 0.553. The normalized spacial score (nSPS) is 12.0. The van der Waals surface area contributed by atoms with Crippen LogP contribution in [0.3, 0.4) is 0 Å². The van der Waals surface area contributed by atoms with Crippen LogP contribution in [0.15, 0.2) is 23.2 Å². The van der Waals surface area contributed by atoms with Crippen molar-refractivity contribution in [2.24, 2.45) is 10.4 Å². The van der Waals surface area contributed by atoms with Crippen molar-refractivity contribution < 1.29 is 4.79 Å². The van der Waals surface area contributed by atoms with E-state index in [1.165, 1.54) is 16.7 Å². The van der Waals surface area contributed by atoms with Crippen molar-refractivity contribution >= 4 is 11.9 Å². The molecule has 1 aromatic carbocycles. The Morgan fingerprint density at radius 3 is 2.26 bits per heavy atom. The molecule has 0 fully saturated rings. The number of aliphatic imine (C=N–C) groups is 1. The maximum Gasteiger partial charge on any atom is 0.227 e. The second kappa shape index (κ2) is 8.56. The Balaban J connectivity index is 2.47. The molecule has 0 aliphatic heterocycles. The average Bonchev–Trinajstić information content (AvgIpc) is 2.48. The van der Waals surface area contributed by atoms with Gasteiger partial charge in [0.1, 0.15) is 0 Å². The number of amides is 1. The van der Waals surface area contributed by atoms with Crippen LogP contribution in [0.5, 0.6) is 0 Å². The standard InChI is InChI=1S/C18H30N4O/c1-13-9-14(2)11-15(10-13)7-8-21-17(20-6)22-12-18(3,4)16(23)19-5/h9-11H,7-8,12H2,1-6H3,(H,19,23)(H2,20,21,22). The molecule has 3 N–H and O–H groups in total. The SMILES string of the molecule is CN=C(NCCc1cc(C)cc(C)c1)NCC(C)(C)C(=O)NC. The van der Waals surface area contributed by atoms with Gasteiger partial charge in [0.05, 0.1) is 5.41 Å². The third kappa shape index (κ3) is 6.30. The summed E-state index contributed by atoms with van der Waals surface area (Å²) in [5, 5.41) is 9.19. The Kier molecular flexibility index (Phi) is 7.07. The van der Waals surface area contributed by atoms with E-state index in [4.69, 9.17) is 0 Å². The van der Waals surface area contributed by atoms with E-state index in [0.717, 1.165) is 13.0 Å².